The topological polar surface area (TPSA) is 87.7 Å². The second-order valence-corrected chi connectivity index (χ2v) is 14.0. The molecule has 2 aliphatic carbocycles. The minimum Gasteiger partial charge on any atom is -0.465 e. The molecule has 2 fully saturated rings. The van der Waals surface area contributed by atoms with Crippen molar-refractivity contribution in [3.8, 4) is 10.4 Å². The van der Waals surface area contributed by atoms with Gasteiger partial charge >= 0.3 is 5.97 Å². The molecule has 4 unspecified atom stereocenters. The maximum atomic E-state index is 13.7. The van der Waals surface area contributed by atoms with Crippen molar-refractivity contribution < 1.29 is 23.5 Å². The van der Waals surface area contributed by atoms with Crippen LogP contribution in [0.1, 0.15) is 77.8 Å². The molecule has 9 heteroatoms. The van der Waals surface area contributed by atoms with Gasteiger partial charge in [0, 0.05) is 40.0 Å². The number of ether oxygens (including phenoxy) is 1. The Morgan fingerprint density at radius 1 is 1.02 bits per heavy atom. The summed E-state index contributed by atoms with van der Waals surface area (Å²) < 4.78 is 18.5. The molecule has 4 atom stereocenters. The quantitative estimate of drug-likeness (QED) is 0.327. The van der Waals surface area contributed by atoms with Gasteiger partial charge in [0.25, 0.3) is 5.91 Å². The van der Waals surface area contributed by atoms with Gasteiger partial charge in [-0.1, -0.05) is 25.1 Å². The molecule has 3 aromatic rings. The average Bonchev–Trinajstić information content (AvgIpc) is 3.62. The molecule has 2 heterocycles. The first-order valence-electron chi connectivity index (χ1n) is 14.9. The Balaban J connectivity index is 1.11. The lowest BCUT2D eigenvalue weighted by Crippen LogP contribution is -2.64. The van der Waals surface area contributed by atoms with Gasteiger partial charge < -0.3 is 20.3 Å². The minimum atomic E-state index is -0.366. The van der Waals surface area contributed by atoms with E-state index in [2.05, 4.69) is 24.5 Å². The van der Waals surface area contributed by atoms with E-state index in [4.69, 9.17) is 4.74 Å². The van der Waals surface area contributed by atoms with E-state index in [0.29, 0.717) is 36.1 Å². The summed E-state index contributed by atoms with van der Waals surface area (Å²) in [7, 11) is 1.37. The molecule has 1 aliphatic heterocycles. The standard InChI is InChI=1S/C34H38FN3O4S/c1-21-10-22-14-33(2,36-16-30(39)38-17-25-8-9-28(35)11-26(25)18-38)20-34(13-21,15-22)37-31(40)24-6-4-23(5-7-24)29-12-27(19-43-29)32(41)42-3/h4-9,11-12,19,21-22,36H,10,13-18,20H2,1-3H3,(H,37,40). The normalized spacial score (nSPS) is 26.1. The van der Waals surface area contributed by atoms with Gasteiger partial charge in [-0.15, -0.1) is 11.3 Å². The lowest BCUT2D eigenvalue weighted by atomic mass is 9.58. The molecule has 43 heavy (non-hydrogen) atoms. The van der Waals surface area contributed by atoms with Gasteiger partial charge in [0.05, 0.1) is 19.2 Å². The van der Waals surface area contributed by atoms with E-state index in [0.717, 1.165) is 53.7 Å². The number of amides is 2. The Kier molecular flexibility index (Phi) is 7.89. The van der Waals surface area contributed by atoms with Crippen molar-refractivity contribution in [1.29, 1.82) is 0 Å². The molecule has 0 saturated heterocycles. The molecule has 0 radical (unpaired) electrons. The van der Waals surface area contributed by atoms with Crippen molar-refractivity contribution in [2.45, 2.75) is 70.1 Å². The number of methoxy groups -OCH3 is 1. The molecule has 1 aromatic heterocycles. The number of nitrogens with zero attached hydrogens (tertiary/aromatic N) is 1. The molecular weight excluding hydrogens is 565 g/mol. The van der Waals surface area contributed by atoms with Gasteiger partial charge in [-0.25, -0.2) is 9.18 Å². The SMILES string of the molecule is COC(=O)c1csc(-c2ccc(C(=O)NC34CC(C)CC(CC(C)(NCC(=O)N5Cc6ccc(F)cc6C5)C3)C4)cc2)c1. The van der Waals surface area contributed by atoms with Crippen molar-refractivity contribution >= 4 is 29.1 Å². The first kappa shape index (κ1) is 29.5. The molecule has 2 amide bonds. The Bertz CT molecular complexity index is 1550. The molecule has 3 aliphatic rings. The Morgan fingerprint density at radius 2 is 1.79 bits per heavy atom. The fourth-order valence-electron chi connectivity index (χ4n) is 7.83. The van der Waals surface area contributed by atoms with Crippen molar-refractivity contribution in [2.75, 3.05) is 13.7 Å². The Morgan fingerprint density at radius 3 is 2.56 bits per heavy atom. The first-order valence-corrected chi connectivity index (χ1v) is 15.8. The van der Waals surface area contributed by atoms with Crippen LogP contribution in [0.4, 0.5) is 4.39 Å². The average molecular weight is 604 g/mol. The van der Waals surface area contributed by atoms with E-state index < -0.39 is 0 Å². The number of hydrogen-bond acceptors (Lipinski definition) is 6. The number of carbonyl (C=O) groups is 3. The molecule has 2 N–H and O–H groups in total. The molecule has 226 valence electrons. The number of hydrogen-bond donors (Lipinski definition) is 2. The van der Waals surface area contributed by atoms with Crippen LogP contribution in [0.25, 0.3) is 10.4 Å². The molecule has 2 saturated carbocycles. The van der Waals surface area contributed by atoms with E-state index >= 15 is 0 Å². The van der Waals surface area contributed by atoms with Crippen molar-refractivity contribution in [1.82, 2.24) is 15.5 Å². The smallest absolute Gasteiger partial charge is 0.338 e. The zero-order valence-electron chi connectivity index (χ0n) is 24.9. The third-order valence-electron chi connectivity index (χ3n) is 9.36. The number of halogens is 1. The number of rotatable bonds is 7. The van der Waals surface area contributed by atoms with Crippen LogP contribution in [0.2, 0.25) is 0 Å². The predicted octanol–water partition coefficient (Wildman–Crippen LogP) is 5.93. The van der Waals surface area contributed by atoms with E-state index in [9.17, 15) is 18.8 Å². The summed E-state index contributed by atoms with van der Waals surface area (Å²) in [5, 5.41) is 8.80. The van der Waals surface area contributed by atoms with Gasteiger partial charge in [-0.3, -0.25) is 9.59 Å². The highest BCUT2D eigenvalue weighted by molar-refractivity contribution is 7.13. The summed E-state index contributed by atoms with van der Waals surface area (Å²) in [6.45, 7) is 5.59. The van der Waals surface area contributed by atoms with Crippen LogP contribution in [0, 0.1) is 17.7 Å². The predicted molar refractivity (Wildman–Crippen MR) is 164 cm³/mol. The number of benzene rings is 2. The third kappa shape index (κ3) is 6.24. The van der Waals surface area contributed by atoms with Crippen molar-refractivity contribution in [3.63, 3.8) is 0 Å². The van der Waals surface area contributed by atoms with Crippen LogP contribution >= 0.6 is 11.3 Å². The molecule has 2 aromatic carbocycles. The monoisotopic (exact) mass is 603 g/mol. The van der Waals surface area contributed by atoms with Crippen LogP contribution < -0.4 is 10.6 Å². The summed E-state index contributed by atoms with van der Waals surface area (Å²) in [6, 6.07) is 14.0. The highest BCUT2D eigenvalue weighted by Crippen LogP contribution is 2.49. The van der Waals surface area contributed by atoms with Crippen LogP contribution in [-0.2, 0) is 22.6 Å². The third-order valence-corrected chi connectivity index (χ3v) is 10.3. The lowest BCUT2D eigenvalue weighted by Gasteiger charge is -2.55. The molecule has 6 rings (SSSR count). The number of fused-ring (bicyclic) bond motifs is 3. The minimum absolute atomic E-state index is 0.00422. The summed E-state index contributed by atoms with van der Waals surface area (Å²) in [5.41, 5.74) is 3.26. The van der Waals surface area contributed by atoms with Gasteiger partial charge in [0.2, 0.25) is 5.91 Å². The Hall–Kier alpha value is -3.56. The van der Waals surface area contributed by atoms with Gasteiger partial charge in [-0.2, -0.15) is 0 Å². The van der Waals surface area contributed by atoms with Crippen LogP contribution in [0.5, 0.6) is 0 Å². The van der Waals surface area contributed by atoms with E-state index in [1.54, 1.807) is 22.4 Å². The van der Waals surface area contributed by atoms with E-state index in [1.807, 2.05) is 24.3 Å². The van der Waals surface area contributed by atoms with E-state index in [1.165, 1.54) is 30.6 Å². The second-order valence-electron chi connectivity index (χ2n) is 13.1. The number of nitrogens with one attached hydrogen (secondary N) is 2. The molecule has 0 spiro atoms. The fraction of sp³-hybridized carbons (Fsp3) is 0.441. The first-order chi connectivity index (χ1) is 20.5. The van der Waals surface area contributed by atoms with Crippen LogP contribution in [-0.4, -0.2) is 47.4 Å². The molecule has 2 bridgehead atoms. The second kappa shape index (κ2) is 11.5. The number of esters is 1. The maximum Gasteiger partial charge on any atom is 0.338 e. The van der Waals surface area contributed by atoms with Crippen molar-refractivity contribution in [3.05, 3.63) is 82.0 Å². The zero-order valence-corrected chi connectivity index (χ0v) is 25.7. The molecular formula is C34H38FN3O4S. The Labute approximate surface area is 255 Å². The van der Waals surface area contributed by atoms with Crippen molar-refractivity contribution in [2.24, 2.45) is 11.8 Å². The summed E-state index contributed by atoms with van der Waals surface area (Å²) >= 11 is 1.46. The summed E-state index contributed by atoms with van der Waals surface area (Å²) in [6.07, 6.45) is 4.65. The number of carbonyl (C=O) groups excluding carboxylic acids is 3. The van der Waals surface area contributed by atoms with Crippen LogP contribution in [0.15, 0.2) is 53.9 Å². The largest absolute Gasteiger partial charge is 0.465 e. The zero-order chi connectivity index (χ0) is 30.4. The van der Waals surface area contributed by atoms with E-state index in [-0.39, 0.29) is 41.2 Å². The van der Waals surface area contributed by atoms with Gasteiger partial charge in [-0.05, 0) is 97.9 Å². The fourth-order valence-corrected chi connectivity index (χ4v) is 8.71. The summed E-state index contributed by atoms with van der Waals surface area (Å²) in [4.78, 5) is 41.3. The van der Waals surface area contributed by atoms with Gasteiger partial charge in [0.15, 0.2) is 0 Å². The number of thiophene rings is 1. The highest BCUT2D eigenvalue weighted by Gasteiger charge is 2.50. The highest BCUT2D eigenvalue weighted by atomic mass is 32.1. The lowest BCUT2D eigenvalue weighted by molar-refractivity contribution is -0.131. The maximum absolute atomic E-state index is 13.7. The van der Waals surface area contributed by atoms with Crippen LogP contribution in [0.3, 0.4) is 0 Å². The van der Waals surface area contributed by atoms with Gasteiger partial charge in [0.1, 0.15) is 5.82 Å². The molecule has 7 nitrogen and oxygen atoms in total. The summed E-state index contributed by atoms with van der Waals surface area (Å²) in [5.74, 6) is 0.220.